The van der Waals surface area contributed by atoms with Gasteiger partial charge in [-0.15, -0.1) is 0 Å². The fourth-order valence-electron chi connectivity index (χ4n) is 5.13. The number of hydrogen-bond donors (Lipinski definition) is 1. The normalized spacial score (nSPS) is 18.4. The van der Waals surface area contributed by atoms with E-state index in [-0.39, 0.29) is 40.9 Å². The third-order valence-corrected chi connectivity index (χ3v) is 7.45. The van der Waals surface area contributed by atoms with E-state index in [9.17, 15) is 9.90 Å². The summed E-state index contributed by atoms with van der Waals surface area (Å²) < 4.78 is 10.3. The second-order valence-electron chi connectivity index (χ2n) is 13.0. The van der Waals surface area contributed by atoms with Gasteiger partial charge in [-0.1, -0.05) is 67.0 Å². The van der Waals surface area contributed by atoms with Crippen molar-refractivity contribution in [3.8, 4) is 11.5 Å². The molecule has 0 aromatic heterocycles. The molecule has 212 valence electrons. The first-order valence-corrected chi connectivity index (χ1v) is 14.7. The van der Waals surface area contributed by atoms with Gasteiger partial charge in [0.15, 0.2) is 5.78 Å². The summed E-state index contributed by atoms with van der Waals surface area (Å²) in [5, 5.41) is 11.1. The van der Waals surface area contributed by atoms with Gasteiger partial charge in [-0.3, -0.25) is 4.79 Å². The molecule has 0 spiro atoms. The Bertz CT molecular complexity index is 1200. The number of halogens is 1. The highest BCUT2D eigenvalue weighted by molar-refractivity contribution is 9.08. The van der Waals surface area contributed by atoms with Gasteiger partial charge in [-0.2, -0.15) is 4.02 Å². The first-order chi connectivity index (χ1) is 18.1. The van der Waals surface area contributed by atoms with Crippen LogP contribution in [0.1, 0.15) is 102 Å². The molecular formula is C33H45BrN2O3. The summed E-state index contributed by atoms with van der Waals surface area (Å²) in [5.41, 5.74) is 3.83. The van der Waals surface area contributed by atoms with Crippen LogP contribution in [0.2, 0.25) is 0 Å². The zero-order valence-corrected chi connectivity index (χ0v) is 26.6. The lowest BCUT2D eigenvalue weighted by Crippen LogP contribution is -2.32. The molecule has 1 heterocycles. The van der Waals surface area contributed by atoms with E-state index >= 15 is 0 Å². The molecule has 2 aromatic carbocycles. The van der Waals surface area contributed by atoms with Gasteiger partial charge in [0.1, 0.15) is 17.3 Å². The van der Waals surface area contributed by atoms with Crippen LogP contribution in [0, 0.1) is 5.92 Å². The van der Waals surface area contributed by atoms with Crippen molar-refractivity contribution in [2.75, 3.05) is 13.1 Å². The van der Waals surface area contributed by atoms with Crippen molar-refractivity contribution in [3.05, 3.63) is 64.2 Å². The SMILES string of the molecule is CCCC1CN(CC(=O)c2cc(C(C)(C)C)c(O)c(C(C)(C)C)c2)C(=NBr)/C1=C/c1ccc(OC(C)C)cc1. The van der Waals surface area contributed by atoms with E-state index in [1.54, 1.807) is 0 Å². The summed E-state index contributed by atoms with van der Waals surface area (Å²) in [6, 6.07) is 11.8. The van der Waals surface area contributed by atoms with Crippen molar-refractivity contribution in [1.82, 2.24) is 4.90 Å². The summed E-state index contributed by atoms with van der Waals surface area (Å²) in [6.45, 7) is 19.6. The Morgan fingerprint density at radius 2 is 1.67 bits per heavy atom. The molecule has 1 saturated heterocycles. The minimum absolute atomic E-state index is 0.0198. The molecule has 0 radical (unpaired) electrons. The van der Waals surface area contributed by atoms with Gasteiger partial charge in [0.05, 0.1) is 28.8 Å². The van der Waals surface area contributed by atoms with Crippen LogP contribution in [0.5, 0.6) is 11.5 Å². The Kier molecular flexibility index (Phi) is 9.74. The Hall–Kier alpha value is -2.60. The number of carbonyl (C=O) groups excluding carboxylic acids is 1. The second-order valence-corrected chi connectivity index (χ2v) is 13.3. The molecule has 39 heavy (non-hydrogen) atoms. The van der Waals surface area contributed by atoms with Crippen LogP contribution in [-0.2, 0) is 10.8 Å². The Morgan fingerprint density at radius 1 is 1.10 bits per heavy atom. The molecule has 6 heteroatoms. The highest BCUT2D eigenvalue weighted by Crippen LogP contribution is 2.40. The van der Waals surface area contributed by atoms with Gasteiger partial charge >= 0.3 is 0 Å². The van der Waals surface area contributed by atoms with E-state index in [2.05, 4.69) is 91.7 Å². The molecule has 2 aromatic rings. The molecule has 0 amide bonds. The molecule has 0 saturated carbocycles. The van der Waals surface area contributed by atoms with Gasteiger partial charge in [-0.05, 0) is 67.0 Å². The van der Waals surface area contributed by atoms with Crippen molar-refractivity contribution in [3.63, 3.8) is 0 Å². The number of benzene rings is 2. The summed E-state index contributed by atoms with van der Waals surface area (Å²) >= 11 is 3.36. The number of Topliss-reactive ketones (excluding diaryl/α,β-unsaturated/α-hetero) is 1. The van der Waals surface area contributed by atoms with Crippen LogP contribution >= 0.6 is 16.1 Å². The smallest absolute Gasteiger partial charge is 0.182 e. The molecule has 3 rings (SSSR count). The lowest BCUT2D eigenvalue weighted by atomic mass is 9.78. The number of phenols is 1. The van der Waals surface area contributed by atoms with E-state index < -0.39 is 0 Å². The summed E-state index contributed by atoms with van der Waals surface area (Å²) in [7, 11) is 0. The number of amidine groups is 1. The number of ether oxygens (including phenoxy) is 1. The topological polar surface area (TPSA) is 62.1 Å². The van der Waals surface area contributed by atoms with Crippen molar-refractivity contribution in [1.29, 1.82) is 0 Å². The third kappa shape index (κ3) is 7.53. The van der Waals surface area contributed by atoms with E-state index in [1.807, 2.05) is 38.1 Å². The molecule has 0 bridgehead atoms. The first kappa shape index (κ1) is 30.9. The lowest BCUT2D eigenvalue weighted by molar-refractivity contribution is 0.0963. The minimum Gasteiger partial charge on any atom is -0.507 e. The van der Waals surface area contributed by atoms with Gasteiger partial charge in [0.25, 0.3) is 0 Å². The monoisotopic (exact) mass is 596 g/mol. The largest absolute Gasteiger partial charge is 0.507 e. The maximum absolute atomic E-state index is 13.8. The highest BCUT2D eigenvalue weighted by Gasteiger charge is 2.35. The number of ketones is 1. The van der Waals surface area contributed by atoms with Gasteiger partial charge in [0, 0.05) is 34.7 Å². The van der Waals surface area contributed by atoms with Crippen molar-refractivity contribution in [2.45, 2.75) is 92.1 Å². The van der Waals surface area contributed by atoms with Crippen LogP contribution < -0.4 is 4.74 Å². The van der Waals surface area contributed by atoms with E-state index in [4.69, 9.17) is 4.74 Å². The average molecular weight is 598 g/mol. The summed E-state index contributed by atoms with van der Waals surface area (Å²) in [5.74, 6) is 2.24. The Morgan fingerprint density at radius 3 is 2.13 bits per heavy atom. The number of rotatable bonds is 8. The van der Waals surface area contributed by atoms with Crippen LogP contribution in [0.15, 0.2) is 46.0 Å². The fraction of sp³-hybridized carbons (Fsp3) is 0.515. The molecule has 1 N–H and O–H groups in total. The number of hydrogen-bond acceptors (Lipinski definition) is 4. The van der Waals surface area contributed by atoms with Crippen LogP contribution in [-0.4, -0.2) is 40.8 Å². The molecule has 1 atom stereocenters. The standard InChI is InChI=1S/C33H45BrN2O3/c1-10-11-23-19-36(31(35-34)26(23)16-22-12-14-25(15-13-22)39-21(2)3)20-29(37)24-17-27(32(4,5)6)30(38)28(18-24)33(7,8)9/h12-18,21,23,38H,10-11,19-20H2,1-9H3/b26-16+,35-31?. The molecular weight excluding hydrogens is 552 g/mol. The van der Waals surface area contributed by atoms with Gasteiger partial charge < -0.3 is 14.7 Å². The van der Waals surface area contributed by atoms with Crippen LogP contribution in [0.4, 0.5) is 0 Å². The van der Waals surface area contributed by atoms with Crippen LogP contribution in [0.25, 0.3) is 6.08 Å². The quantitative estimate of drug-likeness (QED) is 0.310. The first-order valence-electron chi connectivity index (χ1n) is 14.0. The predicted molar refractivity (Wildman–Crippen MR) is 166 cm³/mol. The molecule has 1 unspecified atom stereocenters. The number of likely N-dealkylation sites (tertiary alicyclic amines) is 1. The Balaban J connectivity index is 1.94. The molecule has 1 aliphatic rings. The summed E-state index contributed by atoms with van der Waals surface area (Å²) in [6.07, 6.45) is 4.37. The maximum atomic E-state index is 13.8. The number of nitrogens with zero attached hydrogens (tertiary/aromatic N) is 2. The highest BCUT2D eigenvalue weighted by atomic mass is 79.9. The Labute approximate surface area is 243 Å². The molecule has 5 nitrogen and oxygen atoms in total. The summed E-state index contributed by atoms with van der Waals surface area (Å²) in [4.78, 5) is 15.8. The van der Waals surface area contributed by atoms with Gasteiger partial charge in [-0.25, -0.2) is 0 Å². The zero-order valence-electron chi connectivity index (χ0n) is 25.1. The molecule has 1 aliphatic heterocycles. The zero-order chi connectivity index (χ0) is 29.1. The number of carbonyl (C=O) groups is 1. The van der Waals surface area contributed by atoms with Crippen LogP contribution in [0.3, 0.4) is 0 Å². The van der Waals surface area contributed by atoms with Crippen molar-refractivity contribution >= 4 is 33.8 Å². The average Bonchev–Trinajstić information content (AvgIpc) is 3.14. The van der Waals surface area contributed by atoms with E-state index in [1.165, 1.54) is 0 Å². The number of aromatic hydroxyl groups is 1. The maximum Gasteiger partial charge on any atom is 0.182 e. The van der Waals surface area contributed by atoms with E-state index in [0.29, 0.717) is 5.56 Å². The second kappa shape index (κ2) is 12.3. The fourth-order valence-corrected chi connectivity index (χ4v) is 5.56. The lowest BCUT2D eigenvalue weighted by Gasteiger charge is -2.28. The molecule has 1 fully saturated rings. The third-order valence-electron chi connectivity index (χ3n) is 7.11. The predicted octanol–water partition coefficient (Wildman–Crippen LogP) is 8.48. The molecule has 0 aliphatic carbocycles. The van der Waals surface area contributed by atoms with Crippen molar-refractivity contribution in [2.24, 2.45) is 9.94 Å². The van der Waals surface area contributed by atoms with E-state index in [0.717, 1.165) is 53.2 Å². The minimum atomic E-state index is -0.297. The van der Waals surface area contributed by atoms with Crippen molar-refractivity contribution < 1.29 is 14.6 Å². The van der Waals surface area contributed by atoms with Gasteiger partial charge in [0.2, 0.25) is 0 Å². The number of phenolic OH excluding ortho intramolecular Hbond substituents is 1.